The number of thioether (sulfide) groups is 1. The van der Waals surface area contributed by atoms with E-state index in [1.54, 1.807) is 7.11 Å². The topological polar surface area (TPSA) is 53.6 Å². The fraction of sp³-hybridized carbons (Fsp3) is 0.938. The number of hydrogen-bond donors (Lipinski definition) is 2. The van der Waals surface area contributed by atoms with Crippen molar-refractivity contribution in [3.05, 3.63) is 0 Å². The molecule has 0 aromatic rings. The molecule has 0 unspecified atom stereocenters. The molecule has 2 aliphatic rings. The molecule has 1 aliphatic carbocycles. The number of hydrogen-bond acceptors (Lipinski definition) is 5. The summed E-state index contributed by atoms with van der Waals surface area (Å²) in [5.41, 5.74) is 0.210. The van der Waals surface area contributed by atoms with Crippen LogP contribution in [0.2, 0.25) is 0 Å². The average Bonchev–Trinajstić information content (AvgIpc) is 2.58. The molecule has 5 nitrogen and oxygen atoms in total. The number of ether oxygens (including phenoxy) is 1. The summed E-state index contributed by atoms with van der Waals surface area (Å²) in [5.74, 6) is 2.56. The van der Waals surface area contributed by atoms with Crippen molar-refractivity contribution in [2.24, 2.45) is 0 Å². The first-order chi connectivity index (χ1) is 10.8. The normalized spacial score (nSPS) is 20.5. The van der Waals surface area contributed by atoms with Gasteiger partial charge in [0.2, 0.25) is 5.91 Å². The van der Waals surface area contributed by atoms with E-state index in [1.807, 2.05) is 0 Å². The van der Waals surface area contributed by atoms with Gasteiger partial charge in [-0.2, -0.15) is 11.8 Å². The third kappa shape index (κ3) is 7.67. The molecule has 0 atom stereocenters. The van der Waals surface area contributed by atoms with E-state index in [1.165, 1.54) is 56.7 Å². The summed E-state index contributed by atoms with van der Waals surface area (Å²) < 4.78 is 4.97. The number of rotatable bonds is 8. The zero-order valence-corrected chi connectivity index (χ0v) is 17.1. The van der Waals surface area contributed by atoms with Crippen LogP contribution in [0.25, 0.3) is 0 Å². The highest BCUT2D eigenvalue weighted by molar-refractivity contribution is 7.99. The molecule has 0 aromatic carbocycles. The van der Waals surface area contributed by atoms with Gasteiger partial charge >= 0.3 is 0 Å². The van der Waals surface area contributed by atoms with Crippen molar-refractivity contribution in [1.82, 2.24) is 15.5 Å². The van der Waals surface area contributed by atoms with Crippen LogP contribution >= 0.6 is 36.6 Å². The van der Waals surface area contributed by atoms with Crippen LogP contribution in [0.15, 0.2) is 0 Å². The van der Waals surface area contributed by atoms with Crippen LogP contribution in [0.4, 0.5) is 0 Å². The highest BCUT2D eigenvalue weighted by Gasteiger charge is 2.38. The van der Waals surface area contributed by atoms with Crippen molar-refractivity contribution in [2.45, 2.75) is 37.6 Å². The maximum Gasteiger partial charge on any atom is 0.234 e. The molecule has 2 rings (SSSR count). The number of nitrogens with zero attached hydrogens (tertiary/aromatic N) is 1. The summed E-state index contributed by atoms with van der Waals surface area (Å²) in [6.45, 7) is 4.90. The Hall–Kier alpha value is 0.280. The van der Waals surface area contributed by atoms with Crippen LogP contribution in [0, 0.1) is 0 Å². The summed E-state index contributed by atoms with van der Waals surface area (Å²) in [6, 6.07) is 0. The van der Waals surface area contributed by atoms with Crippen molar-refractivity contribution in [1.29, 1.82) is 0 Å². The van der Waals surface area contributed by atoms with Gasteiger partial charge in [-0.25, -0.2) is 0 Å². The molecular weight excluding hydrogens is 369 g/mol. The van der Waals surface area contributed by atoms with Crippen LogP contribution in [0.3, 0.4) is 0 Å². The van der Waals surface area contributed by atoms with E-state index in [9.17, 15) is 4.79 Å². The molecule has 0 spiro atoms. The van der Waals surface area contributed by atoms with Crippen molar-refractivity contribution >= 4 is 42.5 Å². The third-order valence-electron chi connectivity index (χ3n) is 4.85. The molecule has 1 aliphatic heterocycles. The molecule has 1 heterocycles. The maximum absolute atomic E-state index is 12.0. The van der Waals surface area contributed by atoms with E-state index in [0.717, 1.165) is 13.1 Å². The zero-order valence-electron chi connectivity index (χ0n) is 14.7. The smallest absolute Gasteiger partial charge is 0.234 e. The second-order valence-corrected chi connectivity index (χ2v) is 7.56. The first-order valence-electron chi connectivity index (χ1n) is 8.56. The maximum atomic E-state index is 12.0. The zero-order chi connectivity index (χ0) is 15.7. The van der Waals surface area contributed by atoms with E-state index < -0.39 is 0 Å². The van der Waals surface area contributed by atoms with E-state index in [2.05, 4.69) is 27.3 Å². The lowest BCUT2D eigenvalue weighted by molar-refractivity contribution is -0.121. The minimum Gasteiger partial charge on any atom is -0.383 e. The molecular formula is C16H33Cl2N3O2S. The Balaban J connectivity index is 0.00000264. The predicted molar refractivity (Wildman–Crippen MR) is 107 cm³/mol. The molecule has 1 saturated carbocycles. The summed E-state index contributed by atoms with van der Waals surface area (Å²) >= 11 is 2.05. The van der Waals surface area contributed by atoms with Crippen LogP contribution in [0.5, 0.6) is 0 Å². The monoisotopic (exact) mass is 401 g/mol. The standard InChI is InChI=1S/C16H31N3O2S.2ClH/c1-21-10-7-17-13-15(20)18-14-16(5-3-2-4-6-16)19-8-11-22-12-9-19;;/h17H,2-14H2,1H3,(H,18,20);2*1H. The Kier molecular flexibility index (Phi) is 13.6. The number of halogens is 2. The van der Waals surface area contributed by atoms with Gasteiger partial charge in [0.05, 0.1) is 13.2 Å². The van der Waals surface area contributed by atoms with Crippen molar-refractivity contribution in [2.75, 3.05) is 57.9 Å². The molecule has 144 valence electrons. The second-order valence-electron chi connectivity index (χ2n) is 6.33. The number of nitrogens with one attached hydrogen (secondary N) is 2. The minimum absolute atomic E-state index is 0. The first kappa shape index (κ1) is 24.3. The molecule has 0 bridgehead atoms. The molecule has 2 fully saturated rings. The molecule has 24 heavy (non-hydrogen) atoms. The van der Waals surface area contributed by atoms with Gasteiger partial charge in [0, 0.05) is 50.3 Å². The van der Waals surface area contributed by atoms with Gasteiger partial charge in [-0.3, -0.25) is 9.69 Å². The van der Waals surface area contributed by atoms with Gasteiger partial charge in [-0.1, -0.05) is 19.3 Å². The average molecular weight is 402 g/mol. The summed E-state index contributed by atoms with van der Waals surface area (Å²) in [4.78, 5) is 14.7. The first-order valence-corrected chi connectivity index (χ1v) is 9.71. The Morgan fingerprint density at radius 1 is 1.17 bits per heavy atom. The molecule has 1 amide bonds. The van der Waals surface area contributed by atoms with Crippen molar-refractivity contribution in [3.8, 4) is 0 Å². The van der Waals surface area contributed by atoms with Gasteiger partial charge < -0.3 is 15.4 Å². The largest absolute Gasteiger partial charge is 0.383 e. The molecule has 0 radical (unpaired) electrons. The van der Waals surface area contributed by atoms with Gasteiger partial charge in [0.25, 0.3) is 0 Å². The van der Waals surface area contributed by atoms with Crippen LogP contribution < -0.4 is 10.6 Å². The molecule has 2 N–H and O–H groups in total. The van der Waals surface area contributed by atoms with Gasteiger partial charge in [0.1, 0.15) is 0 Å². The highest BCUT2D eigenvalue weighted by Crippen LogP contribution is 2.34. The van der Waals surface area contributed by atoms with Gasteiger partial charge in [-0.05, 0) is 12.8 Å². The van der Waals surface area contributed by atoms with E-state index in [0.29, 0.717) is 13.2 Å². The fourth-order valence-electron chi connectivity index (χ4n) is 3.55. The van der Waals surface area contributed by atoms with Gasteiger partial charge in [-0.15, -0.1) is 24.8 Å². The van der Waals surface area contributed by atoms with Crippen LogP contribution in [-0.4, -0.2) is 74.3 Å². The number of methoxy groups -OCH3 is 1. The van der Waals surface area contributed by atoms with Gasteiger partial charge in [0.15, 0.2) is 0 Å². The Morgan fingerprint density at radius 3 is 2.46 bits per heavy atom. The fourth-order valence-corrected chi connectivity index (χ4v) is 4.46. The lowest BCUT2D eigenvalue weighted by atomic mass is 9.80. The number of carbonyl (C=O) groups is 1. The van der Waals surface area contributed by atoms with E-state index >= 15 is 0 Å². The summed E-state index contributed by atoms with van der Waals surface area (Å²) in [6.07, 6.45) is 6.40. The van der Waals surface area contributed by atoms with Crippen molar-refractivity contribution < 1.29 is 9.53 Å². The summed E-state index contributed by atoms with van der Waals surface area (Å²) in [7, 11) is 1.67. The lowest BCUT2D eigenvalue weighted by Gasteiger charge is -2.48. The van der Waals surface area contributed by atoms with Crippen molar-refractivity contribution in [3.63, 3.8) is 0 Å². The third-order valence-corrected chi connectivity index (χ3v) is 5.79. The minimum atomic E-state index is 0. The SMILES string of the molecule is COCCNCC(=O)NCC1(N2CCSCC2)CCCCC1.Cl.Cl. The van der Waals surface area contributed by atoms with Crippen LogP contribution in [-0.2, 0) is 9.53 Å². The Morgan fingerprint density at radius 2 is 1.83 bits per heavy atom. The summed E-state index contributed by atoms with van der Waals surface area (Å²) in [5, 5.41) is 6.29. The quantitative estimate of drug-likeness (QED) is 0.608. The number of carbonyl (C=O) groups excluding carboxylic acids is 1. The van der Waals surface area contributed by atoms with E-state index in [4.69, 9.17) is 4.74 Å². The Labute approximate surface area is 163 Å². The lowest BCUT2D eigenvalue weighted by Crippen LogP contribution is -2.59. The molecule has 0 aromatic heterocycles. The Bertz CT molecular complexity index is 339. The predicted octanol–water partition coefficient (Wildman–Crippen LogP) is 1.93. The van der Waals surface area contributed by atoms with Crippen LogP contribution in [0.1, 0.15) is 32.1 Å². The molecule has 1 saturated heterocycles. The second kappa shape index (κ2) is 13.5. The molecule has 8 heteroatoms. The highest BCUT2D eigenvalue weighted by atomic mass is 35.5. The van der Waals surface area contributed by atoms with E-state index in [-0.39, 0.29) is 36.3 Å². The number of amides is 1.